The van der Waals surface area contributed by atoms with Crippen molar-refractivity contribution in [1.29, 1.82) is 0 Å². The summed E-state index contributed by atoms with van der Waals surface area (Å²) in [5.41, 5.74) is 3.80. The van der Waals surface area contributed by atoms with Crippen LogP contribution in [0, 0.1) is 0 Å². The molecule has 4 rings (SSSR count). The zero-order chi connectivity index (χ0) is 16.9. The van der Waals surface area contributed by atoms with Crippen LogP contribution in [0.15, 0.2) is 54.6 Å². The van der Waals surface area contributed by atoms with Crippen molar-refractivity contribution in [3.8, 4) is 11.1 Å². The van der Waals surface area contributed by atoms with Crippen LogP contribution in [0.25, 0.3) is 22.0 Å². The summed E-state index contributed by atoms with van der Waals surface area (Å²) in [5.74, 6) is 0. The van der Waals surface area contributed by atoms with E-state index < -0.39 is 0 Å². The molecule has 0 bridgehead atoms. The Labute approximate surface area is 143 Å². The van der Waals surface area contributed by atoms with Gasteiger partial charge in [-0.1, -0.05) is 48.5 Å². The summed E-state index contributed by atoms with van der Waals surface area (Å²) in [4.78, 5) is 3.53. The number of rotatable bonds is 2. The minimum atomic E-state index is -0.369. The van der Waals surface area contributed by atoms with Crippen LogP contribution in [0.4, 0.5) is 0 Å². The first-order valence-electron chi connectivity index (χ1n) is 8.40. The quantitative estimate of drug-likeness (QED) is 0.721. The van der Waals surface area contributed by atoms with Crippen molar-refractivity contribution in [3.05, 3.63) is 54.6 Å². The summed E-state index contributed by atoms with van der Waals surface area (Å²) in [6.07, 6.45) is 0. The van der Waals surface area contributed by atoms with Crippen LogP contribution in [0.1, 0.15) is 27.7 Å². The van der Waals surface area contributed by atoms with Crippen molar-refractivity contribution in [2.75, 3.05) is 0 Å². The molecule has 3 aromatic rings. The van der Waals surface area contributed by atoms with E-state index in [1.54, 1.807) is 0 Å². The normalized spacial score (nSPS) is 19.1. The zero-order valence-corrected chi connectivity index (χ0v) is 14.6. The highest BCUT2D eigenvalue weighted by Gasteiger charge is 2.52. The van der Waals surface area contributed by atoms with Crippen molar-refractivity contribution in [3.63, 3.8) is 0 Å². The van der Waals surface area contributed by atoms with E-state index in [4.69, 9.17) is 9.31 Å². The third kappa shape index (κ3) is 2.38. The largest absolute Gasteiger partial charge is 0.512 e. The van der Waals surface area contributed by atoms with E-state index >= 15 is 0 Å². The van der Waals surface area contributed by atoms with Crippen LogP contribution < -0.4 is 5.59 Å². The fourth-order valence-corrected chi connectivity index (χ4v) is 3.13. The van der Waals surface area contributed by atoms with E-state index in [9.17, 15) is 0 Å². The molecule has 0 unspecified atom stereocenters. The summed E-state index contributed by atoms with van der Waals surface area (Å²) in [7, 11) is -0.369. The predicted molar refractivity (Wildman–Crippen MR) is 99.5 cm³/mol. The van der Waals surface area contributed by atoms with Gasteiger partial charge in [-0.2, -0.15) is 0 Å². The average molecular weight is 319 g/mol. The van der Waals surface area contributed by atoms with Crippen molar-refractivity contribution in [1.82, 2.24) is 4.98 Å². The molecule has 2 aromatic carbocycles. The minimum absolute atomic E-state index is 0.336. The first-order chi connectivity index (χ1) is 11.4. The lowest BCUT2D eigenvalue weighted by molar-refractivity contribution is 0.00578. The smallest absolute Gasteiger partial charge is 0.398 e. The van der Waals surface area contributed by atoms with Crippen LogP contribution >= 0.6 is 0 Å². The maximum absolute atomic E-state index is 6.17. The second-order valence-corrected chi connectivity index (χ2v) is 7.45. The summed E-state index contributed by atoms with van der Waals surface area (Å²) in [6, 6.07) is 18.9. The zero-order valence-electron chi connectivity index (χ0n) is 14.6. The molecular formula is C20H22BNO2. The lowest BCUT2D eigenvalue weighted by Crippen LogP contribution is -2.41. The number of H-pyrrole nitrogens is 1. The third-order valence-electron chi connectivity index (χ3n) is 5.27. The number of hydrogen-bond acceptors (Lipinski definition) is 2. The number of nitrogens with one attached hydrogen (secondary N) is 1. The van der Waals surface area contributed by atoms with Gasteiger partial charge in [-0.15, -0.1) is 0 Å². The van der Waals surface area contributed by atoms with Gasteiger partial charge in [0.25, 0.3) is 0 Å². The van der Waals surface area contributed by atoms with Crippen molar-refractivity contribution in [2.24, 2.45) is 0 Å². The third-order valence-corrected chi connectivity index (χ3v) is 5.27. The van der Waals surface area contributed by atoms with Gasteiger partial charge < -0.3 is 14.3 Å². The second-order valence-electron chi connectivity index (χ2n) is 7.45. The minimum Gasteiger partial charge on any atom is -0.398 e. The van der Waals surface area contributed by atoms with Gasteiger partial charge in [0.05, 0.1) is 16.7 Å². The summed E-state index contributed by atoms with van der Waals surface area (Å²) < 4.78 is 12.3. The molecule has 0 spiro atoms. The molecule has 1 aliphatic rings. The number of aromatic amines is 1. The Balaban J connectivity index is 1.78. The molecule has 0 amide bonds. The molecule has 24 heavy (non-hydrogen) atoms. The van der Waals surface area contributed by atoms with Gasteiger partial charge in [-0.25, -0.2) is 0 Å². The highest BCUT2D eigenvalue weighted by Crippen LogP contribution is 2.37. The number of para-hydroxylation sites is 1. The summed E-state index contributed by atoms with van der Waals surface area (Å²) in [5, 5.41) is 1.17. The van der Waals surface area contributed by atoms with Crippen LogP contribution in [0.3, 0.4) is 0 Å². The predicted octanol–water partition coefficient (Wildman–Crippen LogP) is 4.13. The monoisotopic (exact) mass is 319 g/mol. The Morgan fingerprint density at radius 1 is 0.833 bits per heavy atom. The standard InChI is InChI=1S/C20H22BNO2/c1-19(2)20(3,4)24-21(23-19)17-13-15-11-8-12-16(18(15)22-17)14-9-6-5-7-10-14/h5-13,22H,1-4H3. The molecule has 0 saturated carbocycles. The number of hydrogen-bond donors (Lipinski definition) is 1. The van der Waals surface area contributed by atoms with E-state index in [2.05, 4.69) is 81.2 Å². The SMILES string of the molecule is CC1(C)OB(c2cc3cccc(-c4ccccc4)c3[nH]2)OC1(C)C. The molecule has 1 fully saturated rings. The van der Waals surface area contributed by atoms with Crippen LogP contribution in [0.2, 0.25) is 0 Å². The van der Waals surface area contributed by atoms with Crippen molar-refractivity contribution < 1.29 is 9.31 Å². The van der Waals surface area contributed by atoms with Crippen molar-refractivity contribution >= 4 is 23.6 Å². The molecular weight excluding hydrogens is 297 g/mol. The van der Waals surface area contributed by atoms with E-state index in [-0.39, 0.29) is 18.3 Å². The topological polar surface area (TPSA) is 34.2 Å². The first kappa shape index (κ1) is 15.5. The van der Waals surface area contributed by atoms with Gasteiger partial charge in [0.2, 0.25) is 0 Å². The first-order valence-corrected chi connectivity index (χ1v) is 8.40. The Hall–Kier alpha value is -2.04. The van der Waals surface area contributed by atoms with E-state index in [0.29, 0.717) is 0 Å². The molecule has 1 saturated heterocycles. The van der Waals surface area contributed by atoms with E-state index in [1.165, 1.54) is 16.5 Å². The van der Waals surface area contributed by atoms with Crippen LogP contribution in [-0.4, -0.2) is 23.3 Å². The van der Waals surface area contributed by atoms with Crippen LogP contribution in [-0.2, 0) is 9.31 Å². The Morgan fingerprint density at radius 2 is 1.50 bits per heavy atom. The number of fused-ring (bicyclic) bond motifs is 1. The lowest BCUT2D eigenvalue weighted by Gasteiger charge is -2.32. The summed E-state index contributed by atoms with van der Waals surface area (Å²) in [6.45, 7) is 8.30. The van der Waals surface area contributed by atoms with Gasteiger partial charge in [0.15, 0.2) is 0 Å². The van der Waals surface area contributed by atoms with Gasteiger partial charge in [-0.3, -0.25) is 0 Å². The van der Waals surface area contributed by atoms with E-state index in [1.807, 2.05) is 6.07 Å². The molecule has 0 atom stereocenters. The molecule has 4 heteroatoms. The Morgan fingerprint density at radius 3 is 2.17 bits per heavy atom. The Bertz CT molecular complexity index is 867. The van der Waals surface area contributed by atoms with Gasteiger partial charge in [-0.05, 0) is 44.7 Å². The van der Waals surface area contributed by atoms with Gasteiger partial charge in [0.1, 0.15) is 0 Å². The second kappa shape index (κ2) is 5.23. The highest BCUT2D eigenvalue weighted by atomic mass is 16.7. The molecule has 0 aliphatic carbocycles. The fourth-order valence-electron chi connectivity index (χ4n) is 3.13. The van der Waals surface area contributed by atoms with Gasteiger partial charge >= 0.3 is 7.12 Å². The maximum atomic E-state index is 6.17. The maximum Gasteiger partial charge on any atom is 0.512 e. The molecule has 122 valence electrons. The average Bonchev–Trinajstić information content (AvgIpc) is 3.06. The Kier molecular flexibility index (Phi) is 3.38. The van der Waals surface area contributed by atoms with Crippen molar-refractivity contribution in [2.45, 2.75) is 38.9 Å². The summed E-state index contributed by atoms with van der Waals surface area (Å²) >= 11 is 0. The molecule has 2 heterocycles. The molecule has 3 nitrogen and oxygen atoms in total. The van der Waals surface area contributed by atoms with Gasteiger partial charge in [0, 0.05) is 11.2 Å². The molecule has 1 N–H and O–H groups in total. The number of benzene rings is 2. The lowest BCUT2D eigenvalue weighted by atomic mass is 9.85. The van der Waals surface area contributed by atoms with E-state index in [0.717, 1.165) is 11.1 Å². The highest BCUT2D eigenvalue weighted by molar-refractivity contribution is 6.61. The molecule has 1 aliphatic heterocycles. The molecule has 1 aromatic heterocycles. The van der Waals surface area contributed by atoms with Crippen LogP contribution in [0.5, 0.6) is 0 Å². The molecule has 0 radical (unpaired) electrons. The number of aromatic nitrogens is 1. The fraction of sp³-hybridized carbons (Fsp3) is 0.300.